The minimum Gasteiger partial charge on any atom is -0.337 e. The van der Waals surface area contributed by atoms with Crippen LogP contribution < -0.4 is 5.32 Å². The molecule has 0 aromatic heterocycles. The normalized spacial score (nSPS) is 15.2. The van der Waals surface area contributed by atoms with Crippen LogP contribution in [0.5, 0.6) is 0 Å². The number of nitriles is 1. The first-order chi connectivity index (χ1) is 9.28. The van der Waals surface area contributed by atoms with Crippen molar-refractivity contribution in [2.24, 2.45) is 5.92 Å². The van der Waals surface area contributed by atoms with Crippen LogP contribution in [0, 0.1) is 17.2 Å². The second-order valence-electron chi connectivity index (χ2n) is 5.17. The number of carbonyl (C=O) groups is 1. The van der Waals surface area contributed by atoms with Crippen molar-refractivity contribution in [2.45, 2.75) is 43.4 Å². The largest absolute Gasteiger partial charge is 0.337 e. The summed E-state index contributed by atoms with van der Waals surface area (Å²) in [4.78, 5) is 13.2. The Morgan fingerprint density at radius 2 is 1.90 bits per heavy atom. The summed E-state index contributed by atoms with van der Waals surface area (Å²) in [6, 6.07) is 9.52. The second-order valence-corrected chi connectivity index (χ2v) is 7.02. The predicted molar refractivity (Wildman–Crippen MR) is 83.8 cm³/mol. The average molecular weight is 311 g/mol. The lowest BCUT2D eigenvalue weighted by Gasteiger charge is -2.28. The van der Waals surface area contributed by atoms with Crippen molar-refractivity contribution >= 4 is 29.3 Å². The molecule has 3 nitrogen and oxygen atoms in total. The second kappa shape index (κ2) is 7.01. The maximum Gasteiger partial charge on any atom is 0.234 e. The highest BCUT2D eigenvalue weighted by Crippen LogP contribution is 2.25. The fraction of sp³-hybridized carbons (Fsp3) is 0.467. The number of carbonyl (C=O) groups excluding carboxylic acids is 1. The summed E-state index contributed by atoms with van der Waals surface area (Å²) in [7, 11) is 0. The summed E-state index contributed by atoms with van der Waals surface area (Å²) in [6.07, 6.45) is 0. The number of hydrogen-bond donors (Lipinski definition) is 1. The van der Waals surface area contributed by atoms with E-state index in [9.17, 15) is 10.1 Å². The summed E-state index contributed by atoms with van der Waals surface area (Å²) >= 11 is 7.27. The van der Waals surface area contributed by atoms with E-state index < -0.39 is 5.54 Å². The molecule has 0 radical (unpaired) electrons. The summed E-state index contributed by atoms with van der Waals surface area (Å²) in [5, 5.41) is 12.4. The minimum atomic E-state index is -0.841. The van der Waals surface area contributed by atoms with Crippen molar-refractivity contribution in [3.63, 3.8) is 0 Å². The molecular formula is C15H19ClN2OS. The standard InChI is InChI=1S/C15H19ClN2OS/c1-10(2)15(4,9-17)18-14(19)11(3)20-13-7-5-12(16)6-8-13/h5-8,10-11H,1-4H3,(H,18,19)/t11-,15-/m1/s1. The van der Waals surface area contributed by atoms with Gasteiger partial charge in [-0.3, -0.25) is 4.79 Å². The third kappa shape index (κ3) is 4.43. The predicted octanol–water partition coefficient (Wildman–Crippen LogP) is 3.88. The summed E-state index contributed by atoms with van der Waals surface area (Å²) in [6.45, 7) is 7.41. The van der Waals surface area contributed by atoms with Gasteiger partial charge in [0.2, 0.25) is 5.91 Å². The van der Waals surface area contributed by atoms with Crippen LogP contribution in [0.2, 0.25) is 5.02 Å². The number of nitrogens with one attached hydrogen (secondary N) is 1. The van der Waals surface area contributed by atoms with Crippen molar-refractivity contribution in [3.05, 3.63) is 29.3 Å². The van der Waals surface area contributed by atoms with Gasteiger partial charge in [0.25, 0.3) is 0 Å². The smallest absolute Gasteiger partial charge is 0.234 e. The lowest BCUT2D eigenvalue weighted by Crippen LogP contribution is -2.51. The molecule has 108 valence electrons. The topological polar surface area (TPSA) is 52.9 Å². The molecule has 0 spiro atoms. The van der Waals surface area contributed by atoms with E-state index in [1.807, 2.05) is 32.9 Å². The maximum absolute atomic E-state index is 12.2. The van der Waals surface area contributed by atoms with Gasteiger partial charge in [0.05, 0.1) is 11.3 Å². The number of halogens is 1. The molecule has 0 heterocycles. The highest BCUT2D eigenvalue weighted by atomic mass is 35.5. The Labute approximate surface area is 129 Å². The van der Waals surface area contributed by atoms with Gasteiger partial charge in [-0.15, -0.1) is 11.8 Å². The van der Waals surface area contributed by atoms with Crippen molar-refractivity contribution < 1.29 is 4.79 Å². The summed E-state index contributed by atoms with van der Waals surface area (Å²) in [5.74, 6) is -0.0909. The molecule has 0 saturated carbocycles. The zero-order valence-electron chi connectivity index (χ0n) is 12.1. The van der Waals surface area contributed by atoms with E-state index in [4.69, 9.17) is 11.6 Å². The first-order valence-electron chi connectivity index (χ1n) is 6.44. The highest BCUT2D eigenvalue weighted by molar-refractivity contribution is 8.00. The monoisotopic (exact) mass is 310 g/mol. The van der Waals surface area contributed by atoms with Crippen LogP contribution in [0.15, 0.2) is 29.2 Å². The minimum absolute atomic E-state index is 0.0455. The van der Waals surface area contributed by atoms with Crippen LogP contribution in [0.3, 0.4) is 0 Å². The van der Waals surface area contributed by atoms with Gasteiger partial charge in [0.1, 0.15) is 5.54 Å². The number of hydrogen-bond acceptors (Lipinski definition) is 3. The van der Waals surface area contributed by atoms with Crippen molar-refractivity contribution in [1.82, 2.24) is 5.32 Å². The van der Waals surface area contributed by atoms with Gasteiger partial charge in [0.15, 0.2) is 0 Å². The Morgan fingerprint density at radius 3 is 2.35 bits per heavy atom. The van der Waals surface area contributed by atoms with Gasteiger partial charge in [-0.2, -0.15) is 5.26 Å². The molecule has 1 aromatic rings. The van der Waals surface area contributed by atoms with E-state index in [0.717, 1.165) is 4.90 Å². The zero-order valence-corrected chi connectivity index (χ0v) is 13.7. The van der Waals surface area contributed by atoms with Crippen LogP contribution in [0.25, 0.3) is 0 Å². The molecular weight excluding hydrogens is 292 g/mol. The molecule has 0 aliphatic heterocycles. The number of thioether (sulfide) groups is 1. The molecule has 2 atom stereocenters. The number of amides is 1. The molecule has 1 N–H and O–H groups in total. The van der Waals surface area contributed by atoms with Crippen molar-refractivity contribution in [3.8, 4) is 6.07 Å². The molecule has 0 bridgehead atoms. The molecule has 0 fully saturated rings. The SMILES string of the molecule is CC(C)[C@@](C)(C#N)NC(=O)[C@@H](C)Sc1ccc(Cl)cc1. The zero-order chi connectivity index (χ0) is 15.3. The molecule has 1 amide bonds. The van der Waals surface area contributed by atoms with Crippen molar-refractivity contribution in [1.29, 1.82) is 5.26 Å². The molecule has 1 aromatic carbocycles. The van der Waals surface area contributed by atoms with Crippen LogP contribution >= 0.6 is 23.4 Å². The molecule has 0 aliphatic rings. The van der Waals surface area contributed by atoms with Gasteiger partial charge in [-0.05, 0) is 44.0 Å². The van der Waals surface area contributed by atoms with E-state index in [0.29, 0.717) is 5.02 Å². The van der Waals surface area contributed by atoms with Crippen LogP contribution in [0.1, 0.15) is 27.7 Å². The first-order valence-corrected chi connectivity index (χ1v) is 7.69. The maximum atomic E-state index is 12.2. The van der Waals surface area contributed by atoms with Crippen LogP contribution in [0.4, 0.5) is 0 Å². The molecule has 0 unspecified atom stereocenters. The molecule has 20 heavy (non-hydrogen) atoms. The number of nitrogens with zero attached hydrogens (tertiary/aromatic N) is 1. The summed E-state index contributed by atoms with van der Waals surface area (Å²) in [5.41, 5.74) is -0.841. The average Bonchev–Trinajstić information content (AvgIpc) is 2.40. The Hall–Kier alpha value is -1.18. The third-order valence-electron chi connectivity index (χ3n) is 3.27. The Balaban J connectivity index is 2.68. The van der Waals surface area contributed by atoms with E-state index in [1.54, 1.807) is 19.1 Å². The first kappa shape index (κ1) is 16.9. The lowest BCUT2D eigenvalue weighted by molar-refractivity contribution is -0.121. The van der Waals surface area contributed by atoms with Crippen molar-refractivity contribution in [2.75, 3.05) is 0 Å². The van der Waals surface area contributed by atoms with Gasteiger partial charge in [-0.1, -0.05) is 25.4 Å². The van der Waals surface area contributed by atoms with Gasteiger partial charge >= 0.3 is 0 Å². The Morgan fingerprint density at radius 1 is 1.35 bits per heavy atom. The van der Waals surface area contributed by atoms with Crippen LogP contribution in [-0.4, -0.2) is 16.7 Å². The van der Waals surface area contributed by atoms with E-state index >= 15 is 0 Å². The fourth-order valence-electron chi connectivity index (χ4n) is 1.43. The third-order valence-corrected chi connectivity index (χ3v) is 4.63. The molecule has 1 rings (SSSR count). The van der Waals surface area contributed by atoms with Gasteiger partial charge in [-0.25, -0.2) is 0 Å². The Kier molecular flexibility index (Phi) is 5.91. The lowest BCUT2D eigenvalue weighted by atomic mass is 9.90. The molecule has 0 aliphatic carbocycles. The Bertz CT molecular complexity index is 510. The summed E-state index contributed by atoms with van der Waals surface area (Å²) < 4.78 is 0. The van der Waals surface area contributed by atoms with Gasteiger partial charge in [0, 0.05) is 9.92 Å². The quantitative estimate of drug-likeness (QED) is 0.840. The van der Waals surface area contributed by atoms with E-state index in [1.165, 1.54) is 11.8 Å². The van der Waals surface area contributed by atoms with E-state index in [2.05, 4.69) is 11.4 Å². The fourth-order valence-corrected chi connectivity index (χ4v) is 2.42. The highest BCUT2D eigenvalue weighted by Gasteiger charge is 2.31. The van der Waals surface area contributed by atoms with Gasteiger partial charge < -0.3 is 5.32 Å². The van der Waals surface area contributed by atoms with Crippen LogP contribution in [-0.2, 0) is 4.79 Å². The number of benzene rings is 1. The molecule has 0 saturated heterocycles. The molecule has 5 heteroatoms. The van der Waals surface area contributed by atoms with E-state index in [-0.39, 0.29) is 17.1 Å². The number of rotatable bonds is 5.